The van der Waals surface area contributed by atoms with Gasteiger partial charge in [0, 0.05) is 0 Å². The lowest BCUT2D eigenvalue weighted by Crippen LogP contribution is -2.11. The Balaban J connectivity index is 3.38. The first kappa shape index (κ1) is 13.0. The first-order valence-electron chi connectivity index (χ1n) is 4.25. The second-order valence-electron chi connectivity index (χ2n) is 2.94. The molecule has 1 aromatic rings. The summed E-state index contributed by atoms with van der Waals surface area (Å²) in [6.07, 6.45) is -4.53. The summed E-state index contributed by atoms with van der Waals surface area (Å²) in [4.78, 5) is 11.4. The largest absolute Gasteiger partial charge is 0.495 e. The number of ketones is 1. The van der Waals surface area contributed by atoms with Crippen LogP contribution in [0.5, 0.6) is 5.75 Å². The molecular weight excluding hydrogens is 289 g/mol. The third-order valence-electron chi connectivity index (χ3n) is 1.95. The molecule has 0 saturated carbocycles. The van der Waals surface area contributed by atoms with Crippen molar-refractivity contribution in [3.8, 4) is 5.75 Å². The molecule has 0 heterocycles. The van der Waals surface area contributed by atoms with E-state index in [-0.39, 0.29) is 10.9 Å². The third-order valence-corrected chi connectivity index (χ3v) is 2.46. The SMILES string of the molecule is COc1c(C(=O)CBr)cccc1C(F)(F)F. The molecule has 0 bridgehead atoms. The van der Waals surface area contributed by atoms with Crippen LogP contribution in [-0.2, 0) is 6.18 Å². The molecule has 0 aliphatic carbocycles. The van der Waals surface area contributed by atoms with Crippen molar-refractivity contribution in [2.24, 2.45) is 0 Å². The molecule has 16 heavy (non-hydrogen) atoms. The van der Waals surface area contributed by atoms with Crippen molar-refractivity contribution in [3.63, 3.8) is 0 Å². The van der Waals surface area contributed by atoms with E-state index in [1.807, 2.05) is 0 Å². The molecular formula is C10H8BrF3O2. The maximum absolute atomic E-state index is 12.6. The Morgan fingerprint density at radius 1 is 1.44 bits per heavy atom. The van der Waals surface area contributed by atoms with Crippen molar-refractivity contribution in [1.82, 2.24) is 0 Å². The van der Waals surface area contributed by atoms with E-state index in [0.29, 0.717) is 0 Å². The lowest BCUT2D eigenvalue weighted by Gasteiger charge is -2.14. The minimum atomic E-state index is -4.53. The van der Waals surface area contributed by atoms with E-state index in [1.54, 1.807) is 0 Å². The Morgan fingerprint density at radius 3 is 2.50 bits per heavy atom. The van der Waals surface area contributed by atoms with Gasteiger partial charge in [-0.1, -0.05) is 22.0 Å². The zero-order valence-electron chi connectivity index (χ0n) is 8.27. The van der Waals surface area contributed by atoms with Gasteiger partial charge in [0.05, 0.1) is 23.6 Å². The lowest BCUT2D eigenvalue weighted by molar-refractivity contribution is -0.138. The fraction of sp³-hybridized carbons (Fsp3) is 0.300. The monoisotopic (exact) mass is 296 g/mol. The summed E-state index contributed by atoms with van der Waals surface area (Å²) in [5.74, 6) is -0.887. The van der Waals surface area contributed by atoms with Gasteiger partial charge >= 0.3 is 6.18 Å². The molecule has 0 spiro atoms. The molecule has 88 valence electrons. The van der Waals surface area contributed by atoms with Crippen molar-refractivity contribution < 1.29 is 22.7 Å². The smallest absolute Gasteiger partial charge is 0.419 e. The third kappa shape index (κ3) is 2.55. The summed E-state index contributed by atoms with van der Waals surface area (Å²) in [5, 5.41) is -0.0509. The van der Waals surface area contributed by atoms with Gasteiger partial charge in [0.1, 0.15) is 5.75 Å². The number of halogens is 4. The van der Waals surface area contributed by atoms with Gasteiger partial charge in [-0.15, -0.1) is 0 Å². The van der Waals surface area contributed by atoms with E-state index in [0.717, 1.165) is 13.2 Å². The molecule has 1 rings (SSSR count). The summed E-state index contributed by atoms with van der Waals surface area (Å²) >= 11 is 2.90. The summed E-state index contributed by atoms with van der Waals surface area (Å²) in [6, 6.07) is 3.36. The number of hydrogen-bond donors (Lipinski definition) is 0. The van der Waals surface area contributed by atoms with E-state index >= 15 is 0 Å². The first-order chi connectivity index (χ1) is 7.41. The van der Waals surface area contributed by atoms with Crippen LogP contribution in [0.3, 0.4) is 0 Å². The molecule has 0 atom stereocenters. The highest BCUT2D eigenvalue weighted by Crippen LogP contribution is 2.38. The number of alkyl halides is 4. The zero-order valence-corrected chi connectivity index (χ0v) is 9.85. The fourth-order valence-corrected chi connectivity index (χ4v) is 1.57. The Kier molecular flexibility index (Phi) is 3.96. The van der Waals surface area contributed by atoms with Gasteiger partial charge in [-0.3, -0.25) is 4.79 Å². The number of carbonyl (C=O) groups excluding carboxylic acids is 1. The van der Waals surface area contributed by atoms with Gasteiger partial charge in [-0.2, -0.15) is 13.2 Å². The molecule has 1 aromatic carbocycles. The molecule has 0 aliphatic rings. The van der Waals surface area contributed by atoms with Gasteiger partial charge < -0.3 is 4.74 Å². The Morgan fingerprint density at radius 2 is 2.06 bits per heavy atom. The lowest BCUT2D eigenvalue weighted by atomic mass is 10.1. The predicted octanol–water partition coefficient (Wildman–Crippen LogP) is 3.29. The quantitative estimate of drug-likeness (QED) is 0.632. The molecule has 0 fully saturated rings. The molecule has 0 aromatic heterocycles. The van der Waals surface area contributed by atoms with Crippen LogP contribution in [0.4, 0.5) is 13.2 Å². The van der Waals surface area contributed by atoms with Crippen molar-refractivity contribution in [3.05, 3.63) is 29.3 Å². The number of benzene rings is 1. The number of hydrogen-bond acceptors (Lipinski definition) is 2. The normalized spacial score (nSPS) is 11.3. The maximum atomic E-state index is 12.6. The van der Waals surface area contributed by atoms with Crippen LogP contribution in [0.15, 0.2) is 18.2 Å². The molecule has 2 nitrogen and oxygen atoms in total. The Bertz CT molecular complexity index is 402. The van der Waals surface area contributed by atoms with E-state index in [1.165, 1.54) is 12.1 Å². The first-order valence-corrected chi connectivity index (χ1v) is 5.37. The van der Waals surface area contributed by atoms with E-state index in [9.17, 15) is 18.0 Å². The average Bonchev–Trinajstić information content (AvgIpc) is 2.25. The van der Waals surface area contributed by atoms with Crippen LogP contribution in [0.2, 0.25) is 0 Å². The Labute approximate surface area is 98.5 Å². The van der Waals surface area contributed by atoms with Gasteiger partial charge in [-0.25, -0.2) is 0 Å². The van der Waals surface area contributed by atoms with Crippen LogP contribution < -0.4 is 4.74 Å². The second kappa shape index (κ2) is 4.86. The summed E-state index contributed by atoms with van der Waals surface area (Å²) in [7, 11) is 1.11. The van der Waals surface area contributed by atoms with E-state index in [4.69, 9.17) is 0 Å². The number of methoxy groups -OCH3 is 1. The number of carbonyl (C=O) groups is 1. The van der Waals surface area contributed by atoms with E-state index < -0.39 is 23.3 Å². The maximum Gasteiger partial charge on any atom is 0.419 e. The number of ether oxygens (including phenoxy) is 1. The molecule has 0 amide bonds. The summed E-state index contributed by atoms with van der Waals surface area (Å²) < 4.78 is 42.4. The van der Waals surface area contributed by atoms with Gasteiger partial charge in [0.15, 0.2) is 5.78 Å². The van der Waals surface area contributed by atoms with Gasteiger partial charge in [0.2, 0.25) is 0 Å². The highest BCUT2D eigenvalue weighted by Gasteiger charge is 2.35. The van der Waals surface area contributed by atoms with Crippen LogP contribution in [0.25, 0.3) is 0 Å². The second-order valence-corrected chi connectivity index (χ2v) is 3.50. The zero-order chi connectivity index (χ0) is 12.3. The summed E-state index contributed by atoms with van der Waals surface area (Å²) in [5.41, 5.74) is -1.02. The molecule has 0 radical (unpaired) electrons. The highest BCUT2D eigenvalue weighted by molar-refractivity contribution is 9.09. The average molecular weight is 297 g/mol. The topological polar surface area (TPSA) is 26.3 Å². The minimum Gasteiger partial charge on any atom is -0.495 e. The van der Waals surface area contributed by atoms with Crippen LogP contribution in [-0.4, -0.2) is 18.2 Å². The molecule has 0 unspecified atom stereocenters. The van der Waals surface area contributed by atoms with Crippen LogP contribution in [0, 0.1) is 0 Å². The number of rotatable bonds is 3. The molecule has 6 heteroatoms. The molecule has 0 N–H and O–H groups in total. The summed E-state index contributed by atoms with van der Waals surface area (Å²) in [6.45, 7) is 0. The number of para-hydroxylation sites is 1. The van der Waals surface area contributed by atoms with Crippen LogP contribution >= 0.6 is 15.9 Å². The minimum absolute atomic E-state index is 0.0509. The fourth-order valence-electron chi connectivity index (χ4n) is 1.27. The molecule has 0 saturated heterocycles. The predicted molar refractivity (Wildman–Crippen MR) is 56.1 cm³/mol. The van der Waals surface area contributed by atoms with E-state index in [2.05, 4.69) is 20.7 Å². The van der Waals surface area contributed by atoms with Crippen molar-refractivity contribution in [1.29, 1.82) is 0 Å². The van der Waals surface area contributed by atoms with Crippen molar-refractivity contribution in [2.45, 2.75) is 6.18 Å². The Hall–Kier alpha value is -1.04. The highest BCUT2D eigenvalue weighted by atomic mass is 79.9. The van der Waals surface area contributed by atoms with Gasteiger partial charge in [0.25, 0.3) is 0 Å². The van der Waals surface area contributed by atoms with Crippen LogP contribution in [0.1, 0.15) is 15.9 Å². The van der Waals surface area contributed by atoms with Gasteiger partial charge in [-0.05, 0) is 12.1 Å². The van der Waals surface area contributed by atoms with Crippen molar-refractivity contribution in [2.75, 3.05) is 12.4 Å². The molecule has 0 aliphatic heterocycles. The standard InChI is InChI=1S/C10H8BrF3O2/c1-16-9-6(8(15)5-11)3-2-4-7(9)10(12,13)14/h2-4H,5H2,1H3. The number of Topliss-reactive ketones (excluding diaryl/α,β-unsaturated/α-hetero) is 1. The van der Waals surface area contributed by atoms with Crippen molar-refractivity contribution >= 4 is 21.7 Å².